The van der Waals surface area contributed by atoms with E-state index in [4.69, 9.17) is 0 Å². The number of rotatable bonds is 6. The first-order valence-corrected chi connectivity index (χ1v) is 10.8. The van der Waals surface area contributed by atoms with Crippen LogP contribution in [0.5, 0.6) is 0 Å². The van der Waals surface area contributed by atoms with Crippen LogP contribution in [-0.4, -0.2) is 37.3 Å². The van der Waals surface area contributed by atoms with Gasteiger partial charge in [0, 0.05) is 37.1 Å². The highest BCUT2D eigenvalue weighted by Gasteiger charge is 2.28. The van der Waals surface area contributed by atoms with E-state index < -0.39 is 14.9 Å². The fourth-order valence-electron chi connectivity index (χ4n) is 3.24. The number of nitro groups is 1. The molecular formula is C17H21N3O4S2. The van der Waals surface area contributed by atoms with E-state index in [1.54, 1.807) is 31.3 Å². The molecule has 2 aromatic rings. The molecule has 9 heteroatoms. The van der Waals surface area contributed by atoms with Gasteiger partial charge in [0.25, 0.3) is 5.69 Å². The monoisotopic (exact) mass is 395 g/mol. The first-order chi connectivity index (χ1) is 12.4. The summed E-state index contributed by atoms with van der Waals surface area (Å²) >= 11 is 1.70. The number of nitrogens with zero attached hydrogens (tertiary/aromatic N) is 3. The zero-order valence-electron chi connectivity index (χ0n) is 14.7. The molecule has 0 spiro atoms. The zero-order chi connectivity index (χ0) is 18.9. The van der Waals surface area contributed by atoms with E-state index in [-0.39, 0.29) is 10.6 Å². The molecule has 0 bridgehead atoms. The van der Waals surface area contributed by atoms with Crippen molar-refractivity contribution in [1.29, 1.82) is 0 Å². The van der Waals surface area contributed by atoms with Crippen molar-refractivity contribution >= 4 is 32.7 Å². The van der Waals surface area contributed by atoms with Crippen molar-refractivity contribution in [1.82, 2.24) is 4.31 Å². The molecule has 0 saturated carbocycles. The molecule has 7 nitrogen and oxygen atoms in total. The summed E-state index contributed by atoms with van der Waals surface area (Å²) < 4.78 is 26.6. The van der Waals surface area contributed by atoms with Crippen LogP contribution in [0.25, 0.3) is 0 Å². The van der Waals surface area contributed by atoms with E-state index in [1.165, 1.54) is 26.9 Å². The van der Waals surface area contributed by atoms with Gasteiger partial charge in [0.15, 0.2) is 0 Å². The van der Waals surface area contributed by atoms with Crippen LogP contribution in [0, 0.1) is 10.1 Å². The van der Waals surface area contributed by atoms with E-state index in [0.29, 0.717) is 31.9 Å². The Hall–Kier alpha value is -1.97. The lowest BCUT2D eigenvalue weighted by atomic mass is 10.1. The molecule has 0 atom stereocenters. The standard InChI is InChI=1S/C17H21N3O4S2/c1-3-19(4-2)26(23,24)14-5-6-15(16(11-14)20(21)22)18-9-7-17-13(12-18)8-10-25-17/h5-6,8,10-11H,3-4,7,9,12H2,1-2H3. The normalized spacial score (nSPS) is 14.5. The Bertz CT molecular complexity index is 920. The lowest BCUT2D eigenvalue weighted by Gasteiger charge is -2.29. The van der Waals surface area contributed by atoms with Crippen LogP contribution in [0.1, 0.15) is 24.3 Å². The number of sulfonamides is 1. The summed E-state index contributed by atoms with van der Waals surface area (Å²) in [5.41, 5.74) is 1.47. The predicted octanol–water partition coefficient (Wildman–Crippen LogP) is 3.25. The third-order valence-corrected chi connectivity index (χ3v) is 7.70. The average molecular weight is 396 g/mol. The number of benzene rings is 1. The summed E-state index contributed by atoms with van der Waals surface area (Å²) in [7, 11) is -3.73. The number of hydrogen-bond acceptors (Lipinski definition) is 6. The lowest BCUT2D eigenvalue weighted by Crippen LogP contribution is -2.31. The van der Waals surface area contributed by atoms with Gasteiger partial charge in [-0.3, -0.25) is 10.1 Å². The fourth-order valence-corrected chi connectivity index (χ4v) is 5.61. The van der Waals surface area contributed by atoms with E-state index in [9.17, 15) is 18.5 Å². The summed E-state index contributed by atoms with van der Waals surface area (Å²) in [5.74, 6) is 0. The van der Waals surface area contributed by atoms with Crippen molar-refractivity contribution in [3.8, 4) is 0 Å². The van der Waals surface area contributed by atoms with Crippen molar-refractivity contribution in [3.05, 3.63) is 50.2 Å². The SMILES string of the molecule is CCN(CC)S(=O)(=O)c1ccc(N2CCc3sccc3C2)c([N+](=O)[O-])c1. The van der Waals surface area contributed by atoms with Crippen LogP contribution in [-0.2, 0) is 23.0 Å². The maximum atomic E-state index is 12.7. The number of fused-ring (bicyclic) bond motifs is 1. The Morgan fingerprint density at radius 1 is 1.27 bits per heavy atom. The topological polar surface area (TPSA) is 83.8 Å². The average Bonchev–Trinajstić information content (AvgIpc) is 3.09. The highest BCUT2D eigenvalue weighted by molar-refractivity contribution is 7.89. The summed E-state index contributed by atoms with van der Waals surface area (Å²) in [6.45, 7) is 5.41. The first-order valence-electron chi connectivity index (χ1n) is 8.47. The van der Waals surface area contributed by atoms with E-state index >= 15 is 0 Å². The molecule has 0 N–H and O–H groups in total. The summed E-state index contributed by atoms with van der Waals surface area (Å²) in [5, 5.41) is 13.7. The minimum atomic E-state index is -3.73. The number of thiophene rings is 1. The van der Waals surface area contributed by atoms with Gasteiger partial charge in [-0.1, -0.05) is 13.8 Å². The molecule has 0 unspecified atom stereocenters. The van der Waals surface area contributed by atoms with Crippen molar-refractivity contribution < 1.29 is 13.3 Å². The second-order valence-electron chi connectivity index (χ2n) is 6.04. The Kier molecular flexibility index (Phi) is 5.31. The van der Waals surface area contributed by atoms with Gasteiger partial charge in [0.05, 0.1) is 9.82 Å². The van der Waals surface area contributed by atoms with E-state index in [1.807, 2.05) is 16.3 Å². The molecule has 26 heavy (non-hydrogen) atoms. The molecular weight excluding hydrogens is 374 g/mol. The fraction of sp³-hybridized carbons (Fsp3) is 0.412. The second kappa shape index (κ2) is 7.34. The zero-order valence-corrected chi connectivity index (χ0v) is 16.3. The van der Waals surface area contributed by atoms with Crippen molar-refractivity contribution in [2.24, 2.45) is 0 Å². The van der Waals surface area contributed by atoms with Crippen LogP contribution in [0.15, 0.2) is 34.5 Å². The molecule has 0 radical (unpaired) electrons. The van der Waals surface area contributed by atoms with Crippen LogP contribution < -0.4 is 4.90 Å². The van der Waals surface area contributed by atoms with Gasteiger partial charge < -0.3 is 4.90 Å². The van der Waals surface area contributed by atoms with Crippen LogP contribution in [0.3, 0.4) is 0 Å². The molecule has 1 aliphatic rings. The van der Waals surface area contributed by atoms with Gasteiger partial charge >= 0.3 is 0 Å². The minimum absolute atomic E-state index is 0.0371. The molecule has 0 amide bonds. The molecule has 1 aromatic carbocycles. The predicted molar refractivity (Wildman–Crippen MR) is 102 cm³/mol. The molecule has 1 aliphatic heterocycles. The molecule has 140 valence electrons. The van der Waals surface area contributed by atoms with Crippen molar-refractivity contribution in [2.45, 2.75) is 31.7 Å². The quantitative estimate of drug-likeness (QED) is 0.554. The second-order valence-corrected chi connectivity index (χ2v) is 8.98. The lowest BCUT2D eigenvalue weighted by molar-refractivity contribution is -0.384. The van der Waals surface area contributed by atoms with E-state index in [2.05, 4.69) is 0 Å². The molecule has 0 fully saturated rings. The van der Waals surface area contributed by atoms with Crippen LogP contribution >= 0.6 is 11.3 Å². The first kappa shape index (κ1) is 18.8. The highest BCUT2D eigenvalue weighted by atomic mass is 32.2. The third-order valence-electron chi connectivity index (χ3n) is 4.64. The van der Waals surface area contributed by atoms with Gasteiger partial charge in [-0.2, -0.15) is 4.31 Å². The molecule has 0 saturated heterocycles. The van der Waals surface area contributed by atoms with Crippen LogP contribution in [0.4, 0.5) is 11.4 Å². The van der Waals surface area contributed by atoms with Gasteiger partial charge in [-0.15, -0.1) is 11.3 Å². The Balaban J connectivity index is 2.00. The molecule has 1 aromatic heterocycles. The summed E-state index contributed by atoms with van der Waals surface area (Å²) in [6.07, 6.45) is 0.837. The minimum Gasteiger partial charge on any atom is -0.361 e. The van der Waals surface area contributed by atoms with Gasteiger partial charge in [0.2, 0.25) is 10.0 Å². The summed E-state index contributed by atoms with van der Waals surface area (Å²) in [6, 6.07) is 6.26. The molecule has 2 heterocycles. The number of hydrogen-bond donors (Lipinski definition) is 0. The highest BCUT2D eigenvalue weighted by Crippen LogP contribution is 2.35. The van der Waals surface area contributed by atoms with Crippen molar-refractivity contribution in [2.75, 3.05) is 24.5 Å². The maximum Gasteiger partial charge on any atom is 0.293 e. The largest absolute Gasteiger partial charge is 0.361 e. The smallest absolute Gasteiger partial charge is 0.293 e. The third kappa shape index (κ3) is 3.34. The Morgan fingerprint density at radius 3 is 2.65 bits per heavy atom. The van der Waals surface area contributed by atoms with Crippen molar-refractivity contribution in [3.63, 3.8) is 0 Å². The maximum absolute atomic E-state index is 12.7. The van der Waals surface area contributed by atoms with Gasteiger partial charge in [0.1, 0.15) is 5.69 Å². The van der Waals surface area contributed by atoms with E-state index in [0.717, 1.165) is 6.42 Å². The molecule has 3 rings (SSSR count). The number of anilines is 1. The Labute approximate surface area is 157 Å². The van der Waals surface area contributed by atoms with Gasteiger partial charge in [-0.05, 0) is 35.6 Å². The summed E-state index contributed by atoms with van der Waals surface area (Å²) in [4.78, 5) is 14.3. The Morgan fingerprint density at radius 2 is 2.00 bits per heavy atom. The van der Waals surface area contributed by atoms with Crippen LogP contribution in [0.2, 0.25) is 0 Å². The number of nitro benzene ring substituents is 1. The molecule has 0 aliphatic carbocycles. The van der Waals surface area contributed by atoms with Gasteiger partial charge in [-0.25, -0.2) is 8.42 Å².